The minimum Gasteiger partial charge on any atom is -0.363 e. The smallest absolute Gasteiger partial charge is 0.241 e. The Morgan fingerprint density at radius 3 is 2.60 bits per heavy atom. The summed E-state index contributed by atoms with van der Waals surface area (Å²) in [7, 11) is 0. The van der Waals surface area contributed by atoms with E-state index in [9.17, 15) is 14.0 Å². The topological polar surface area (TPSA) is 52.7 Å². The number of piperidine rings is 1. The molecule has 2 atom stereocenters. The van der Waals surface area contributed by atoms with E-state index in [1.165, 1.54) is 19.1 Å². The fraction of sp³-hybridized carbons (Fsp3) is 0.579. The van der Waals surface area contributed by atoms with Gasteiger partial charge in [-0.2, -0.15) is 0 Å². The average Bonchev–Trinajstić information content (AvgIpc) is 2.82. The maximum absolute atomic E-state index is 13.3. The second-order valence-electron chi connectivity index (χ2n) is 7.73. The van der Waals surface area contributed by atoms with Gasteiger partial charge in [0.2, 0.25) is 11.8 Å². The molecule has 0 bridgehead atoms. The van der Waals surface area contributed by atoms with Crippen molar-refractivity contribution in [3.63, 3.8) is 0 Å². The zero-order valence-electron chi connectivity index (χ0n) is 15.1. The Morgan fingerprint density at radius 1 is 1.28 bits per heavy atom. The molecular weight excluding hydrogens is 321 g/mol. The standard InChI is InChI=1S/C19H26FN3O2/c1-13(24)21-11-18(25)22-9-8-17-14(12-22)10-19(2,3)23(17)16-6-4-15(20)5-7-16/h4-7,14,17H,8-12H2,1-3H3,(H,21,24)/t14-,17+/m1/s1. The molecule has 1 N–H and O–H groups in total. The molecule has 0 spiro atoms. The van der Waals surface area contributed by atoms with E-state index in [1.807, 2.05) is 17.0 Å². The van der Waals surface area contributed by atoms with E-state index < -0.39 is 0 Å². The molecule has 0 saturated carbocycles. The lowest BCUT2D eigenvalue weighted by atomic mass is 9.89. The van der Waals surface area contributed by atoms with Crippen molar-refractivity contribution in [3.8, 4) is 0 Å². The van der Waals surface area contributed by atoms with Crippen LogP contribution in [0.5, 0.6) is 0 Å². The van der Waals surface area contributed by atoms with E-state index in [-0.39, 0.29) is 29.7 Å². The van der Waals surface area contributed by atoms with Gasteiger partial charge < -0.3 is 15.1 Å². The maximum atomic E-state index is 13.3. The summed E-state index contributed by atoms with van der Waals surface area (Å²) in [5.74, 6) is -0.0508. The first kappa shape index (κ1) is 17.7. The number of hydrogen-bond acceptors (Lipinski definition) is 3. The second kappa shape index (κ2) is 6.65. The highest BCUT2D eigenvalue weighted by molar-refractivity contribution is 5.83. The number of benzene rings is 1. The third kappa shape index (κ3) is 3.62. The van der Waals surface area contributed by atoms with Crippen LogP contribution < -0.4 is 10.2 Å². The SMILES string of the molecule is CC(=O)NCC(=O)N1CC[C@H]2[C@@H](C1)CC(C)(C)N2c1ccc(F)cc1. The lowest BCUT2D eigenvalue weighted by Crippen LogP contribution is -2.51. The highest BCUT2D eigenvalue weighted by atomic mass is 19.1. The van der Waals surface area contributed by atoms with Gasteiger partial charge in [-0.15, -0.1) is 0 Å². The Hall–Kier alpha value is -2.11. The monoisotopic (exact) mass is 347 g/mol. The Kier molecular flexibility index (Phi) is 4.71. The van der Waals surface area contributed by atoms with Crippen molar-refractivity contribution in [2.75, 3.05) is 24.5 Å². The molecular formula is C19H26FN3O2. The van der Waals surface area contributed by atoms with Crippen molar-refractivity contribution in [1.29, 1.82) is 0 Å². The first-order chi connectivity index (χ1) is 11.8. The van der Waals surface area contributed by atoms with Gasteiger partial charge in [-0.1, -0.05) is 0 Å². The van der Waals surface area contributed by atoms with Crippen LogP contribution in [0.2, 0.25) is 0 Å². The van der Waals surface area contributed by atoms with Gasteiger partial charge in [0.1, 0.15) is 5.82 Å². The van der Waals surface area contributed by atoms with E-state index in [0.29, 0.717) is 25.0 Å². The molecule has 2 amide bonds. The van der Waals surface area contributed by atoms with Gasteiger partial charge in [-0.25, -0.2) is 4.39 Å². The molecule has 2 heterocycles. The number of fused-ring (bicyclic) bond motifs is 1. The summed E-state index contributed by atoms with van der Waals surface area (Å²) in [6.07, 6.45) is 1.87. The molecule has 1 aromatic rings. The minimum absolute atomic E-state index is 0.0216. The molecule has 2 fully saturated rings. The first-order valence-electron chi connectivity index (χ1n) is 8.85. The van der Waals surface area contributed by atoms with Crippen molar-refractivity contribution < 1.29 is 14.0 Å². The number of likely N-dealkylation sites (tertiary alicyclic amines) is 1. The first-order valence-corrected chi connectivity index (χ1v) is 8.85. The number of hydrogen-bond donors (Lipinski definition) is 1. The van der Waals surface area contributed by atoms with Crippen LogP contribution >= 0.6 is 0 Å². The van der Waals surface area contributed by atoms with Crippen LogP contribution in [0.1, 0.15) is 33.6 Å². The fourth-order valence-electron chi connectivity index (χ4n) is 4.43. The highest BCUT2D eigenvalue weighted by Gasteiger charge is 2.48. The van der Waals surface area contributed by atoms with E-state index in [1.54, 1.807) is 0 Å². The summed E-state index contributed by atoms with van der Waals surface area (Å²) in [6.45, 7) is 7.30. The Labute approximate surface area is 148 Å². The summed E-state index contributed by atoms with van der Waals surface area (Å²) in [5.41, 5.74) is 1.00. The van der Waals surface area contributed by atoms with Gasteiger partial charge in [0.15, 0.2) is 0 Å². The van der Waals surface area contributed by atoms with Crippen LogP contribution in [0.25, 0.3) is 0 Å². The van der Waals surface area contributed by atoms with Crippen LogP contribution in [0.4, 0.5) is 10.1 Å². The number of nitrogens with zero attached hydrogens (tertiary/aromatic N) is 2. The van der Waals surface area contributed by atoms with Gasteiger partial charge in [0.25, 0.3) is 0 Å². The zero-order chi connectivity index (χ0) is 18.2. The van der Waals surface area contributed by atoms with Crippen molar-refractivity contribution in [3.05, 3.63) is 30.1 Å². The predicted molar refractivity (Wildman–Crippen MR) is 94.7 cm³/mol. The van der Waals surface area contributed by atoms with Crippen LogP contribution in [-0.2, 0) is 9.59 Å². The Balaban J connectivity index is 1.72. The fourth-order valence-corrected chi connectivity index (χ4v) is 4.43. The molecule has 0 aliphatic carbocycles. The maximum Gasteiger partial charge on any atom is 0.241 e. The third-order valence-electron chi connectivity index (χ3n) is 5.39. The summed E-state index contributed by atoms with van der Waals surface area (Å²) < 4.78 is 13.3. The molecule has 136 valence electrons. The van der Waals surface area contributed by atoms with Gasteiger partial charge >= 0.3 is 0 Å². The quantitative estimate of drug-likeness (QED) is 0.912. The number of halogens is 1. The van der Waals surface area contributed by atoms with Crippen molar-refractivity contribution in [2.24, 2.45) is 5.92 Å². The average molecular weight is 347 g/mol. The molecule has 2 aliphatic rings. The molecule has 1 aromatic carbocycles. The predicted octanol–water partition coefficient (Wildman–Crippen LogP) is 2.17. The lowest BCUT2D eigenvalue weighted by Gasteiger charge is -2.42. The molecule has 0 aromatic heterocycles. The van der Waals surface area contributed by atoms with Gasteiger partial charge in [-0.05, 0) is 56.9 Å². The van der Waals surface area contributed by atoms with Crippen molar-refractivity contribution in [2.45, 2.75) is 45.2 Å². The van der Waals surface area contributed by atoms with Crippen LogP contribution in [0.15, 0.2) is 24.3 Å². The molecule has 25 heavy (non-hydrogen) atoms. The summed E-state index contributed by atoms with van der Waals surface area (Å²) in [6, 6.07) is 7.04. The summed E-state index contributed by atoms with van der Waals surface area (Å²) in [4.78, 5) is 27.6. The minimum atomic E-state index is -0.226. The molecule has 2 saturated heterocycles. The Morgan fingerprint density at radius 2 is 1.96 bits per heavy atom. The molecule has 6 heteroatoms. The lowest BCUT2D eigenvalue weighted by molar-refractivity contribution is -0.134. The molecule has 0 radical (unpaired) electrons. The highest BCUT2D eigenvalue weighted by Crippen LogP contribution is 2.44. The number of nitrogens with one attached hydrogen (secondary N) is 1. The number of amides is 2. The summed E-state index contributed by atoms with van der Waals surface area (Å²) in [5, 5.41) is 2.58. The second-order valence-corrected chi connectivity index (χ2v) is 7.73. The van der Waals surface area contributed by atoms with Crippen LogP contribution in [0.3, 0.4) is 0 Å². The number of carbonyl (C=O) groups excluding carboxylic acids is 2. The van der Waals surface area contributed by atoms with Crippen LogP contribution in [-0.4, -0.2) is 47.9 Å². The van der Waals surface area contributed by atoms with E-state index in [2.05, 4.69) is 24.1 Å². The largest absolute Gasteiger partial charge is 0.363 e. The summed E-state index contributed by atoms with van der Waals surface area (Å²) >= 11 is 0. The zero-order valence-corrected chi connectivity index (χ0v) is 15.1. The molecule has 0 unspecified atom stereocenters. The third-order valence-corrected chi connectivity index (χ3v) is 5.39. The van der Waals surface area contributed by atoms with Crippen LogP contribution in [0, 0.1) is 11.7 Å². The van der Waals surface area contributed by atoms with E-state index in [4.69, 9.17) is 0 Å². The number of carbonyl (C=O) groups is 2. The molecule has 2 aliphatic heterocycles. The van der Waals surface area contributed by atoms with Crippen molar-refractivity contribution in [1.82, 2.24) is 10.2 Å². The molecule has 3 rings (SSSR count). The van der Waals surface area contributed by atoms with Gasteiger partial charge in [-0.3, -0.25) is 9.59 Å². The van der Waals surface area contributed by atoms with Crippen molar-refractivity contribution >= 4 is 17.5 Å². The number of anilines is 1. The Bertz CT molecular complexity index is 659. The van der Waals surface area contributed by atoms with Gasteiger partial charge in [0.05, 0.1) is 6.54 Å². The van der Waals surface area contributed by atoms with E-state index in [0.717, 1.165) is 18.5 Å². The number of rotatable bonds is 3. The molecule has 5 nitrogen and oxygen atoms in total. The van der Waals surface area contributed by atoms with Gasteiger partial charge in [0, 0.05) is 37.3 Å². The normalized spacial score (nSPS) is 24.8. The van der Waals surface area contributed by atoms with E-state index >= 15 is 0 Å².